The van der Waals surface area contributed by atoms with Crippen molar-refractivity contribution in [1.29, 1.82) is 0 Å². The van der Waals surface area contributed by atoms with Gasteiger partial charge in [0.25, 0.3) is 0 Å². The van der Waals surface area contributed by atoms with E-state index in [1.807, 2.05) is 0 Å². The summed E-state index contributed by atoms with van der Waals surface area (Å²) in [5.74, 6) is 0. The molecular formula is C5H10INS. The lowest BCUT2D eigenvalue weighted by Gasteiger charge is -1.97. The fourth-order valence-corrected chi connectivity index (χ4v) is 1.09. The molecule has 1 aliphatic rings. The van der Waals surface area contributed by atoms with E-state index in [1.54, 1.807) is 0 Å². The summed E-state index contributed by atoms with van der Waals surface area (Å²) in [6.45, 7) is 2.15. The first kappa shape index (κ1) is 8.62. The van der Waals surface area contributed by atoms with Crippen LogP contribution in [0.3, 0.4) is 0 Å². The lowest BCUT2D eigenvalue weighted by molar-refractivity contribution is 0.692. The molecule has 0 saturated carbocycles. The highest BCUT2D eigenvalue weighted by atomic mass is 127. The van der Waals surface area contributed by atoms with Gasteiger partial charge >= 0.3 is 0 Å². The van der Waals surface area contributed by atoms with Crippen LogP contribution >= 0.6 is 36.2 Å². The van der Waals surface area contributed by atoms with Crippen LogP contribution in [-0.4, -0.2) is 11.0 Å². The van der Waals surface area contributed by atoms with E-state index in [9.17, 15) is 0 Å². The Morgan fingerprint density at radius 1 is 1.75 bits per heavy atom. The fraction of sp³-hybridized carbons (Fsp3) is 0.800. The van der Waals surface area contributed by atoms with Gasteiger partial charge in [-0.05, 0) is 19.8 Å². The van der Waals surface area contributed by atoms with E-state index in [-0.39, 0.29) is 24.0 Å². The Bertz CT molecular complexity index is 94.4. The quantitative estimate of drug-likeness (QED) is 0.513. The fourth-order valence-electron chi connectivity index (χ4n) is 0.767. The molecule has 0 amide bonds. The molecule has 0 radical (unpaired) electrons. The zero-order valence-electron chi connectivity index (χ0n) is 4.81. The third kappa shape index (κ3) is 2.26. The number of thiocarbonyl (C=S) groups is 1. The summed E-state index contributed by atoms with van der Waals surface area (Å²) in [5.41, 5.74) is 0. The number of nitrogens with one attached hydrogen (secondary N) is 1. The number of hydrogen-bond donors (Lipinski definition) is 1. The van der Waals surface area contributed by atoms with Gasteiger partial charge in [0.15, 0.2) is 0 Å². The van der Waals surface area contributed by atoms with Crippen molar-refractivity contribution in [2.45, 2.75) is 25.8 Å². The van der Waals surface area contributed by atoms with Crippen molar-refractivity contribution in [1.82, 2.24) is 5.32 Å². The minimum Gasteiger partial charge on any atom is -0.377 e. The standard InChI is InChI=1S/C5H9NS.HI/c1-4-2-3-5(7)6-4;/h4H,2-3H2,1H3,(H,6,7);1H. The van der Waals surface area contributed by atoms with Crippen LogP contribution in [0, 0.1) is 0 Å². The van der Waals surface area contributed by atoms with Gasteiger partial charge in [0.1, 0.15) is 0 Å². The number of halogens is 1. The van der Waals surface area contributed by atoms with Gasteiger partial charge < -0.3 is 5.32 Å². The summed E-state index contributed by atoms with van der Waals surface area (Å²) in [7, 11) is 0. The maximum Gasteiger partial charge on any atom is 0.0756 e. The van der Waals surface area contributed by atoms with Crippen molar-refractivity contribution in [2.24, 2.45) is 0 Å². The molecule has 1 rings (SSSR count). The van der Waals surface area contributed by atoms with Gasteiger partial charge in [-0.3, -0.25) is 0 Å². The van der Waals surface area contributed by atoms with Gasteiger partial charge in [-0.25, -0.2) is 0 Å². The van der Waals surface area contributed by atoms with Crippen LogP contribution < -0.4 is 5.32 Å². The first-order chi connectivity index (χ1) is 3.29. The molecule has 0 aromatic carbocycles. The Hall–Kier alpha value is 0.620. The summed E-state index contributed by atoms with van der Waals surface area (Å²) in [5, 5.41) is 3.15. The van der Waals surface area contributed by atoms with Crippen molar-refractivity contribution in [3.8, 4) is 0 Å². The third-order valence-corrected chi connectivity index (χ3v) is 1.53. The highest BCUT2D eigenvalue weighted by molar-refractivity contribution is 14.0. The summed E-state index contributed by atoms with van der Waals surface area (Å²) in [6, 6.07) is 0.632. The van der Waals surface area contributed by atoms with E-state index in [0.717, 1.165) is 11.4 Å². The SMILES string of the molecule is CC1CCC(=S)N1.I. The first-order valence-electron chi connectivity index (χ1n) is 2.58. The molecule has 0 aromatic heterocycles. The van der Waals surface area contributed by atoms with Gasteiger partial charge in [-0.1, -0.05) is 12.2 Å². The molecule has 1 heterocycles. The minimum atomic E-state index is 0. The average molecular weight is 243 g/mol. The van der Waals surface area contributed by atoms with Gasteiger partial charge in [0.05, 0.1) is 4.99 Å². The molecule has 1 aliphatic heterocycles. The minimum absolute atomic E-state index is 0. The molecule has 0 aliphatic carbocycles. The number of hydrogen-bond acceptors (Lipinski definition) is 1. The highest BCUT2D eigenvalue weighted by Crippen LogP contribution is 2.05. The summed E-state index contributed by atoms with van der Waals surface area (Å²) in [6.07, 6.45) is 2.31. The van der Waals surface area contributed by atoms with E-state index < -0.39 is 0 Å². The van der Waals surface area contributed by atoms with Crippen molar-refractivity contribution in [3.63, 3.8) is 0 Å². The molecule has 0 bridgehead atoms. The Morgan fingerprint density at radius 2 is 2.38 bits per heavy atom. The van der Waals surface area contributed by atoms with Crippen LogP contribution in [0.5, 0.6) is 0 Å². The summed E-state index contributed by atoms with van der Waals surface area (Å²) < 4.78 is 0. The van der Waals surface area contributed by atoms with E-state index in [4.69, 9.17) is 12.2 Å². The molecule has 1 saturated heterocycles. The highest BCUT2D eigenvalue weighted by Gasteiger charge is 2.11. The molecule has 3 heteroatoms. The largest absolute Gasteiger partial charge is 0.377 e. The zero-order chi connectivity index (χ0) is 5.28. The smallest absolute Gasteiger partial charge is 0.0756 e. The molecule has 1 fully saturated rings. The number of rotatable bonds is 0. The summed E-state index contributed by atoms with van der Waals surface area (Å²) >= 11 is 4.88. The Balaban J connectivity index is 0.000000490. The molecular weight excluding hydrogens is 233 g/mol. The average Bonchev–Trinajstić information content (AvgIpc) is 1.87. The van der Waals surface area contributed by atoms with Crippen LogP contribution in [0.4, 0.5) is 0 Å². The first-order valence-corrected chi connectivity index (χ1v) is 2.99. The second-order valence-corrected chi connectivity index (χ2v) is 2.50. The maximum absolute atomic E-state index is 4.88. The van der Waals surface area contributed by atoms with Gasteiger partial charge in [0.2, 0.25) is 0 Å². The monoisotopic (exact) mass is 243 g/mol. The van der Waals surface area contributed by atoms with Crippen molar-refractivity contribution < 1.29 is 0 Å². The topological polar surface area (TPSA) is 12.0 Å². The molecule has 1 N–H and O–H groups in total. The van der Waals surface area contributed by atoms with Crippen LogP contribution in [0.1, 0.15) is 19.8 Å². The molecule has 0 aromatic rings. The van der Waals surface area contributed by atoms with Gasteiger partial charge in [-0.15, -0.1) is 24.0 Å². The zero-order valence-corrected chi connectivity index (χ0v) is 7.95. The second-order valence-electron chi connectivity index (χ2n) is 2.01. The molecule has 0 spiro atoms. The molecule has 8 heavy (non-hydrogen) atoms. The Labute approximate surface area is 72.2 Å². The summed E-state index contributed by atoms with van der Waals surface area (Å²) in [4.78, 5) is 1.03. The van der Waals surface area contributed by atoms with Crippen molar-refractivity contribution in [2.75, 3.05) is 0 Å². The second kappa shape index (κ2) is 3.61. The van der Waals surface area contributed by atoms with E-state index in [0.29, 0.717) is 6.04 Å². The van der Waals surface area contributed by atoms with Crippen LogP contribution in [-0.2, 0) is 0 Å². The van der Waals surface area contributed by atoms with Crippen molar-refractivity contribution >= 4 is 41.2 Å². The van der Waals surface area contributed by atoms with Crippen molar-refractivity contribution in [3.05, 3.63) is 0 Å². The van der Waals surface area contributed by atoms with E-state index in [1.165, 1.54) is 6.42 Å². The lowest BCUT2D eigenvalue weighted by Crippen LogP contribution is -2.20. The Kier molecular flexibility index (Phi) is 3.89. The third-order valence-electron chi connectivity index (χ3n) is 1.21. The maximum atomic E-state index is 4.88. The molecule has 1 nitrogen and oxygen atoms in total. The van der Waals surface area contributed by atoms with Crippen LogP contribution in [0.2, 0.25) is 0 Å². The Morgan fingerprint density at radius 3 is 2.50 bits per heavy atom. The van der Waals surface area contributed by atoms with E-state index in [2.05, 4.69) is 12.2 Å². The van der Waals surface area contributed by atoms with E-state index >= 15 is 0 Å². The normalized spacial score (nSPS) is 26.6. The predicted octanol–water partition coefficient (Wildman–Crippen LogP) is 1.70. The van der Waals surface area contributed by atoms with Crippen LogP contribution in [0.15, 0.2) is 0 Å². The lowest BCUT2D eigenvalue weighted by atomic mass is 10.3. The van der Waals surface area contributed by atoms with Gasteiger partial charge in [0, 0.05) is 6.04 Å². The van der Waals surface area contributed by atoms with Gasteiger partial charge in [-0.2, -0.15) is 0 Å². The predicted molar refractivity (Wildman–Crippen MR) is 49.8 cm³/mol. The molecule has 48 valence electrons. The van der Waals surface area contributed by atoms with Crippen LogP contribution in [0.25, 0.3) is 0 Å². The molecule has 1 unspecified atom stereocenters. The molecule has 1 atom stereocenters.